The summed E-state index contributed by atoms with van der Waals surface area (Å²) in [7, 11) is 0. The largest absolute Gasteiger partial charge is 0.456 e. The van der Waals surface area contributed by atoms with Crippen LogP contribution >= 0.6 is 0 Å². The predicted molar refractivity (Wildman–Crippen MR) is 54.3 cm³/mol. The summed E-state index contributed by atoms with van der Waals surface area (Å²) >= 11 is 0. The zero-order chi connectivity index (χ0) is 12.5. The molecule has 1 heterocycles. The van der Waals surface area contributed by atoms with E-state index < -0.39 is 30.2 Å². The third-order valence-electron chi connectivity index (χ3n) is 2.45. The summed E-state index contributed by atoms with van der Waals surface area (Å²) in [6.45, 7) is -0.0394. The van der Waals surface area contributed by atoms with Crippen LogP contribution in [0.5, 0.6) is 0 Å². The van der Waals surface area contributed by atoms with Gasteiger partial charge in [-0.05, 0) is 12.1 Å². The maximum absolute atomic E-state index is 13.2. The van der Waals surface area contributed by atoms with Gasteiger partial charge < -0.3 is 10.1 Å². The van der Waals surface area contributed by atoms with Crippen LogP contribution in [0.3, 0.4) is 0 Å². The first-order chi connectivity index (χ1) is 7.99. The zero-order valence-electron chi connectivity index (χ0n) is 8.75. The van der Waals surface area contributed by atoms with Gasteiger partial charge in [-0.2, -0.15) is 8.78 Å². The fourth-order valence-corrected chi connectivity index (χ4v) is 1.59. The number of hydrogen-bond acceptors (Lipinski definition) is 3. The van der Waals surface area contributed by atoms with Gasteiger partial charge in [0, 0.05) is 0 Å². The van der Waals surface area contributed by atoms with E-state index in [1.54, 1.807) is 6.07 Å². The average molecular weight is 245 g/mol. The maximum atomic E-state index is 13.2. The second-order valence-corrected chi connectivity index (χ2v) is 3.80. The van der Waals surface area contributed by atoms with Crippen LogP contribution in [0.1, 0.15) is 6.42 Å². The Morgan fingerprint density at radius 1 is 1.41 bits per heavy atom. The van der Waals surface area contributed by atoms with Crippen molar-refractivity contribution < 1.29 is 22.7 Å². The number of ether oxygens (including phenoxy) is 1. The number of para-hydroxylation sites is 1. The highest BCUT2D eigenvalue weighted by Gasteiger charge is 2.50. The molecule has 2 rings (SSSR count). The SMILES string of the molecule is O=C1OC(CNc2ccccc2F)CC1(F)F. The number of halogens is 3. The lowest BCUT2D eigenvalue weighted by atomic mass is 10.2. The highest BCUT2D eigenvalue weighted by atomic mass is 19.3. The Kier molecular flexibility index (Phi) is 2.95. The molecule has 0 bridgehead atoms. The van der Waals surface area contributed by atoms with Crippen molar-refractivity contribution in [2.24, 2.45) is 0 Å². The number of cyclic esters (lactones) is 1. The van der Waals surface area contributed by atoms with Crippen LogP contribution in [0.2, 0.25) is 0 Å². The van der Waals surface area contributed by atoms with E-state index in [4.69, 9.17) is 0 Å². The molecular formula is C11H10F3NO2. The Labute approximate surface area is 95.6 Å². The van der Waals surface area contributed by atoms with E-state index in [9.17, 15) is 18.0 Å². The minimum atomic E-state index is -3.43. The molecule has 0 saturated carbocycles. The Morgan fingerprint density at radius 2 is 2.12 bits per heavy atom. The summed E-state index contributed by atoms with van der Waals surface area (Å²) in [6, 6.07) is 5.85. The average Bonchev–Trinajstić information content (AvgIpc) is 2.52. The zero-order valence-corrected chi connectivity index (χ0v) is 8.75. The van der Waals surface area contributed by atoms with Crippen LogP contribution in [0.4, 0.5) is 18.9 Å². The smallest absolute Gasteiger partial charge is 0.377 e. The van der Waals surface area contributed by atoms with E-state index in [0.717, 1.165) is 0 Å². The number of rotatable bonds is 3. The second kappa shape index (κ2) is 4.27. The van der Waals surface area contributed by atoms with E-state index in [0.29, 0.717) is 0 Å². The van der Waals surface area contributed by atoms with Crippen LogP contribution in [0.25, 0.3) is 0 Å². The summed E-state index contributed by atoms with van der Waals surface area (Å²) in [5, 5.41) is 2.63. The Balaban J connectivity index is 1.93. The molecular weight excluding hydrogens is 235 g/mol. The highest BCUT2D eigenvalue weighted by Crippen LogP contribution is 2.31. The molecule has 0 spiro atoms. The Bertz CT molecular complexity index is 436. The van der Waals surface area contributed by atoms with Crippen LogP contribution in [0.15, 0.2) is 24.3 Å². The number of nitrogens with one attached hydrogen (secondary N) is 1. The molecule has 6 heteroatoms. The molecule has 1 saturated heterocycles. The van der Waals surface area contributed by atoms with Crippen LogP contribution in [0, 0.1) is 5.82 Å². The molecule has 3 nitrogen and oxygen atoms in total. The summed E-state index contributed by atoms with van der Waals surface area (Å²) in [5.74, 6) is -5.43. The Hall–Kier alpha value is -1.72. The van der Waals surface area contributed by atoms with Crippen molar-refractivity contribution in [2.75, 3.05) is 11.9 Å². The predicted octanol–water partition coefficient (Wildman–Crippen LogP) is 2.19. The lowest BCUT2D eigenvalue weighted by molar-refractivity contribution is -0.158. The first-order valence-electron chi connectivity index (χ1n) is 5.06. The molecule has 0 radical (unpaired) electrons. The monoisotopic (exact) mass is 245 g/mol. The molecule has 92 valence electrons. The molecule has 17 heavy (non-hydrogen) atoms. The van der Waals surface area contributed by atoms with Gasteiger partial charge in [0.1, 0.15) is 11.9 Å². The van der Waals surface area contributed by atoms with E-state index in [-0.39, 0.29) is 12.2 Å². The van der Waals surface area contributed by atoms with Crippen LogP contribution < -0.4 is 5.32 Å². The van der Waals surface area contributed by atoms with Crippen LogP contribution in [-0.2, 0) is 9.53 Å². The number of esters is 1. The third kappa shape index (κ3) is 2.51. The van der Waals surface area contributed by atoms with Crippen molar-refractivity contribution in [2.45, 2.75) is 18.4 Å². The van der Waals surface area contributed by atoms with Crippen molar-refractivity contribution in [3.05, 3.63) is 30.1 Å². The number of alkyl halides is 2. The van der Waals surface area contributed by atoms with Crippen molar-refractivity contribution in [1.29, 1.82) is 0 Å². The molecule has 1 unspecified atom stereocenters. The van der Waals surface area contributed by atoms with Gasteiger partial charge in [0.15, 0.2) is 0 Å². The molecule has 1 aromatic carbocycles. The number of anilines is 1. The Morgan fingerprint density at radius 3 is 2.71 bits per heavy atom. The number of hydrogen-bond donors (Lipinski definition) is 1. The van der Waals surface area contributed by atoms with E-state index in [1.807, 2.05) is 0 Å². The molecule has 0 amide bonds. The van der Waals surface area contributed by atoms with Crippen LogP contribution in [-0.4, -0.2) is 24.5 Å². The minimum Gasteiger partial charge on any atom is -0.456 e. The molecule has 1 atom stereocenters. The highest BCUT2D eigenvalue weighted by molar-refractivity contribution is 5.79. The number of carbonyl (C=O) groups excluding carboxylic acids is 1. The summed E-state index contributed by atoms with van der Waals surface area (Å²) in [4.78, 5) is 10.7. The quantitative estimate of drug-likeness (QED) is 0.829. The van der Waals surface area contributed by atoms with Gasteiger partial charge in [0.2, 0.25) is 0 Å². The van der Waals surface area contributed by atoms with E-state index in [1.165, 1.54) is 18.2 Å². The maximum Gasteiger partial charge on any atom is 0.377 e. The number of benzene rings is 1. The summed E-state index contributed by atoms with van der Waals surface area (Å²) in [6.07, 6.45) is -1.61. The second-order valence-electron chi connectivity index (χ2n) is 3.80. The van der Waals surface area contributed by atoms with Gasteiger partial charge in [-0.15, -0.1) is 0 Å². The molecule has 1 fully saturated rings. The van der Waals surface area contributed by atoms with Crippen molar-refractivity contribution in [1.82, 2.24) is 0 Å². The number of carbonyl (C=O) groups is 1. The lowest BCUT2D eigenvalue weighted by Crippen LogP contribution is -2.22. The lowest BCUT2D eigenvalue weighted by Gasteiger charge is -2.11. The topological polar surface area (TPSA) is 38.3 Å². The fourth-order valence-electron chi connectivity index (χ4n) is 1.59. The fraction of sp³-hybridized carbons (Fsp3) is 0.364. The minimum absolute atomic E-state index is 0.0394. The first-order valence-corrected chi connectivity index (χ1v) is 5.06. The van der Waals surface area contributed by atoms with E-state index in [2.05, 4.69) is 10.1 Å². The molecule has 1 N–H and O–H groups in total. The summed E-state index contributed by atoms with van der Waals surface area (Å²) < 4.78 is 43.3. The van der Waals surface area contributed by atoms with Gasteiger partial charge in [0.05, 0.1) is 18.7 Å². The van der Waals surface area contributed by atoms with Gasteiger partial charge in [-0.25, -0.2) is 9.18 Å². The first kappa shape index (κ1) is 11.8. The molecule has 1 aliphatic rings. The molecule has 0 aliphatic carbocycles. The van der Waals surface area contributed by atoms with E-state index >= 15 is 0 Å². The van der Waals surface area contributed by atoms with Gasteiger partial charge in [-0.3, -0.25) is 0 Å². The van der Waals surface area contributed by atoms with Gasteiger partial charge in [-0.1, -0.05) is 12.1 Å². The van der Waals surface area contributed by atoms with Crippen molar-refractivity contribution >= 4 is 11.7 Å². The molecule has 0 aromatic heterocycles. The summed E-state index contributed by atoms with van der Waals surface area (Å²) in [5.41, 5.74) is 0.193. The van der Waals surface area contributed by atoms with Gasteiger partial charge in [0.25, 0.3) is 0 Å². The normalized spacial score (nSPS) is 22.3. The molecule has 1 aliphatic heterocycles. The van der Waals surface area contributed by atoms with Crippen molar-refractivity contribution in [3.63, 3.8) is 0 Å². The van der Waals surface area contributed by atoms with Gasteiger partial charge >= 0.3 is 11.9 Å². The standard InChI is InChI=1S/C11H10F3NO2/c12-8-3-1-2-4-9(8)15-6-7-5-11(13,14)10(16)17-7/h1-4,7,15H,5-6H2. The van der Waals surface area contributed by atoms with Crippen molar-refractivity contribution in [3.8, 4) is 0 Å². The molecule has 1 aromatic rings. The third-order valence-corrected chi connectivity index (χ3v) is 2.45.